The minimum absolute atomic E-state index is 0.0390. The zero-order chi connectivity index (χ0) is 24.5. The maximum atomic E-state index is 12.9. The minimum atomic E-state index is -0.965. The van der Waals surface area contributed by atoms with E-state index in [0.717, 1.165) is 22.3 Å². The summed E-state index contributed by atoms with van der Waals surface area (Å²) in [4.78, 5) is 38.5. The number of allylic oxidation sites excluding steroid dienone is 1. The average Bonchev–Trinajstić information content (AvgIpc) is 3.11. The van der Waals surface area contributed by atoms with Crippen molar-refractivity contribution in [3.8, 4) is 11.1 Å². The third-order valence-electron chi connectivity index (χ3n) is 6.86. The molecule has 34 heavy (non-hydrogen) atoms. The number of carbonyl (C=O) groups excluding carboxylic acids is 2. The van der Waals surface area contributed by atoms with Gasteiger partial charge in [-0.25, -0.2) is 4.79 Å². The van der Waals surface area contributed by atoms with E-state index in [2.05, 4.69) is 36.2 Å². The molecular weight excluding hydrogens is 432 g/mol. The highest BCUT2D eigenvalue weighted by atomic mass is 16.5. The van der Waals surface area contributed by atoms with Crippen LogP contribution in [0, 0.1) is 10.8 Å². The Kier molecular flexibility index (Phi) is 6.21. The maximum absolute atomic E-state index is 12.9. The van der Waals surface area contributed by atoms with Crippen LogP contribution in [0.4, 0.5) is 4.79 Å². The summed E-state index contributed by atoms with van der Waals surface area (Å²) < 4.78 is 5.55. The molecule has 0 radical (unpaired) electrons. The van der Waals surface area contributed by atoms with Crippen LogP contribution in [0.2, 0.25) is 0 Å². The molecule has 2 aromatic rings. The van der Waals surface area contributed by atoms with E-state index in [-0.39, 0.29) is 38.1 Å². The molecule has 2 aromatic carbocycles. The summed E-state index contributed by atoms with van der Waals surface area (Å²) in [5, 5.41) is 12.2. The molecule has 1 fully saturated rings. The number of carbonyl (C=O) groups is 3. The molecule has 1 heterocycles. The molecule has 0 saturated carbocycles. The maximum Gasteiger partial charge on any atom is 0.407 e. The van der Waals surface area contributed by atoms with Gasteiger partial charge in [-0.05, 0) is 42.5 Å². The zero-order valence-corrected chi connectivity index (χ0v) is 19.5. The van der Waals surface area contributed by atoms with Gasteiger partial charge in [0, 0.05) is 25.6 Å². The Bertz CT molecular complexity index is 1090. The molecule has 7 nitrogen and oxygen atoms in total. The summed E-state index contributed by atoms with van der Waals surface area (Å²) in [5.41, 5.74) is 2.71. The van der Waals surface area contributed by atoms with Gasteiger partial charge in [0.15, 0.2) is 0 Å². The number of hydrogen-bond donors (Lipinski definition) is 2. The summed E-state index contributed by atoms with van der Waals surface area (Å²) >= 11 is 0. The largest absolute Gasteiger partial charge is 0.481 e. The Morgan fingerprint density at radius 2 is 1.68 bits per heavy atom. The molecule has 0 unspecified atom stereocenters. The monoisotopic (exact) mass is 462 g/mol. The van der Waals surface area contributed by atoms with E-state index in [1.807, 2.05) is 24.3 Å². The van der Waals surface area contributed by atoms with Gasteiger partial charge in [0.05, 0.1) is 5.41 Å². The van der Waals surface area contributed by atoms with Crippen molar-refractivity contribution < 1.29 is 24.2 Å². The van der Waals surface area contributed by atoms with E-state index in [4.69, 9.17) is 4.74 Å². The van der Waals surface area contributed by atoms with Crippen LogP contribution in [0.5, 0.6) is 0 Å². The lowest BCUT2D eigenvalue weighted by molar-refractivity contribution is -0.169. The summed E-state index contributed by atoms with van der Waals surface area (Å²) in [6, 6.07) is 16.2. The molecule has 7 heteroatoms. The molecule has 2 N–H and O–H groups in total. The highest BCUT2D eigenvalue weighted by molar-refractivity contribution is 5.87. The fourth-order valence-corrected chi connectivity index (χ4v) is 4.90. The number of amides is 2. The molecule has 0 aromatic heterocycles. The summed E-state index contributed by atoms with van der Waals surface area (Å²) in [5.74, 6) is -1.17. The third-order valence-corrected chi connectivity index (χ3v) is 6.86. The Hall–Kier alpha value is -3.61. The number of benzene rings is 2. The number of likely N-dealkylation sites (tertiary alicyclic amines) is 1. The Balaban J connectivity index is 1.32. The molecule has 2 amide bonds. The number of nitrogens with one attached hydrogen (secondary N) is 1. The van der Waals surface area contributed by atoms with Crippen LogP contribution < -0.4 is 5.32 Å². The van der Waals surface area contributed by atoms with Crippen LogP contribution in [0.15, 0.2) is 61.2 Å². The number of ether oxygens (including phenoxy) is 1. The van der Waals surface area contributed by atoms with Crippen LogP contribution in [-0.2, 0) is 14.3 Å². The van der Waals surface area contributed by atoms with Crippen LogP contribution in [0.3, 0.4) is 0 Å². The molecule has 1 aliphatic carbocycles. The van der Waals surface area contributed by atoms with Gasteiger partial charge in [-0.15, -0.1) is 6.58 Å². The normalized spacial score (nSPS) is 16.1. The first-order valence-electron chi connectivity index (χ1n) is 11.4. The molecule has 178 valence electrons. The second-order valence-corrected chi connectivity index (χ2v) is 9.80. The van der Waals surface area contributed by atoms with Gasteiger partial charge in [-0.2, -0.15) is 0 Å². The van der Waals surface area contributed by atoms with Gasteiger partial charge >= 0.3 is 12.1 Å². The Labute approximate surface area is 199 Å². The van der Waals surface area contributed by atoms with Gasteiger partial charge in [-0.1, -0.05) is 54.6 Å². The number of aliphatic carboxylic acids is 1. The number of rotatable bonds is 8. The number of hydrogen-bond acceptors (Lipinski definition) is 4. The molecule has 2 aliphatic rings. The van der Waals surface area contributed by atoms with E-state index in [1.165, 1.54) is 4.90 Å². The van der Waals surface area contributed by atoms with Crippen molar-refractivity contribution in [3.63, 3.8) is 0 Å². The van der Waals surface area contributed by atoms with Gasteiger partial charge in [0.2, 0.25) is 5.91 Å². The summed E-state index contributed by atoms with van der Waals surface area (Å²) in [6.45, 7) is 7.64. The van der Waals surface area contributed by atoms with Crippen LogP contribution in [0.1, 0.15) is 37.3 Å². The lowest BCUT2D eigenvalue weighted by Crippen LogP contribution is -2.64. The van der Waals surface area contributed by atoms with Gasteiger partial charge in [-0.3, -0.25) is 9.59 Å². The van der Waals surface area contributed by atoms with Crippen molar-refractivity contribution in [2.24, 2.45) is 10.8 Å². The van der Waals surface area contributed by atoms with Crippen molar-refractivity contribution in [3.05, 3.63) is 72.3 Å². The second kappa shape index (κ2) is 8.97. The van der Waals surface area contributed by atoms with Crippen molar-refractivity contribution in [1.82, 2.24) is 10.2 Å². The lowest BCUT2D eigenvalue weighted by atomic mass is 9.75. The predicted molar refractivity (Wildman–Crippen MR) is 128 cm³/mol. The summed E-state index contributed by atoms with van der Waals surface area (Å²) in [7, 11) is 0. The highest BCUT2D eigenvalue weighted by Crippen LogP contribution is 2.44. The van der Waals surface area contributed by atoms with Crippen LogP contribution in [-0.4, -0.2) is 54.2 Å². The van der Waals surface area contributed by atoms with Gasteiger partial charge in [0.1, 0.15) is 12.0 Å². The van der Waals surface area contributed by atoms with Crippen LogP contribution in [0.25, 0.3) is 11.1 Å². The first kappa shape index (κ1) is 23.5. The molecule has 4 rings (SSSR count). The number of nitrogens with zero attached hydrogens (tertiary/aromatic N) is 1. The van der Waals surface area contributed by atoms with Crippen LogP contribution >= 0.6 is 0 Å². The average molecular weight is 463 g/mol. The van der Waals surface area contributed by atoms with E-state index in [9.17, 15) is 19.5 Å². The standard InChI is InChI=1S/C27H30N2O5/c1-4-13-27(24(31)32)16-29(17-27)23(30)26(2,3)15-28-25(33)34-14-22-20-11-7-5-9-18(20)19-10-6-8-12-21(19)22/h4-12,22H,1,13-17H2,2-3H3,(H,28,33)(H,31,32). The van der Waals surface area contributed by atoms with E-state index >= 15 is 0 Å². The number of alkyl carbamates (subject to hydrolysis) is 1. The fraction of sp³-hybridized carbons (Fsp3) is 0.370. The molecule has 1 aliphatic heterocycles. The Morgan fingerprint density at radius 3 is 2.21 bits per heavy atom. The van der Waals surface area contributed by atoms with E-state index in [1.54, 1.807) is 19.9 Å². The van der Waals surface area contributed by atoms with Gasteiger partial charge < -0.3 is 20.1 Å². The zero-order valence-electron chi connectivity index (χ0n) is 19.5. The molecule has 1 saturated heterocycles. The third kappa shape index (κ3) is 4.18. The Morgan fingerprint density at radius 1 is 1.12 bits per heavy atom. The fourth-order valence-electron chi connectivity index (χ4n) is 4.90. The van der Waals surface area contributed by atoms with Crippen molar-refractivity contribution in [2.45, 2.75) is 26.2 Å². The van der Waals surface area contributed by atoms with E-state index < -0.39 is 22.9 Å². The number of fused-ring (bicyclic) bond motifs is 3. The first-order chi connectivity index (χ1) is 16.2. The van der Waals surface area contributed by atoms with Crippen molar-refractivity contribution >= 4 is 18.0 Å². The lowest BCUT2D eigenvalue weighted by Gasteiger charge is -2.49. The summed E-state index contributed by atoms with van der Waals surface area (Å²) in [6.07, 6.45) is 1.29. The topological polar surface area (TPSA) is 95.9 Å². The first-order valence-corrected chi connectivity index (χ1v) is 11.4. The highest BCUT2D eigenvalue weighted by Gasteiger charge is 2.52. The SMILES string of the molecule is C=CCC1(C(=O)O)CN(C(=O)C(C)(C)CNC(=O)OCC2c3ccccc3-c3ccccc32)C1. The number of carboxylic acid groups (broad SMARTS) is 1. The second-order valence-electron chi connectivity index (χ2n) is 9.80. The van der Waals surface area contributed by atoms with Crippen molar-refractivity contribution in [1.29, 1.82) is 0 Å². The predicted octanol–water partition coefficient (Wildman–Crippen LogP) is 4.04. The van der Waals surface area contributed by atoms with E-state index in [0.29, 0.717) is 6.42 Å². The smallest absolute Gasteiger partial charge is 0.407 e. The molecule has 0 atom stereocenters. The molecule has 0 bridgehead atoms. The quantitative estimate of drug-likeness (QED) is 0.577. The molecule has 0 spiro atoms. The van der Waals surface area contributed by atoms with Crippen molar-refractivity contribution in [2.75, 3.05) is 26.2 Å². The number of carboxylic acids is 1. The molecular formula is C27H30N2O5. The minimum Gasteiger partial charge on any atom is -0.481 e. The van der Waals surface area contributed by atoms with Gasteiger partial charge in [0.25, 0.3) is 0 Å².